The highest BCUT2D eigenvalue weighted by Gasteiger charge is 2.39. The van der Waals surface area contributed by atoms with Crippen LogP contribution in [0.3, 0.4) is 0 Å². The summed E-state index contributed by atoms with van der Waals surface area (Å²) in [5.41, 5.74) is 1.78. The van der Waals surface area contributed by atoms with E-state index in [-0.39, 0.29) is 23.7 Å². The number of alkyl carbamates (subject to hydrolysis) is 1. The van der Waals surface area contributed by atoms with Crippen LogP contribution in [0.1, 0.15) is 90.5 Å². The third-order valence-corrected chi connectivity index (χ3v) is 13.4. The Kier molecular flexibility index (Phi) is 10.5. The molecule has 2 aromatic heterocycles. The first-order chi connectivity index (χ1) is 21.5. The molecule has 2 heterocycles. The van der Waals surface area contributed by atoms with Crippen LogP contribution in [0, 0.1) is 17.8 Å². The lowest BCUT2D eigenvalue weighted by Gasteiger charge is -2.38. The second-order valence-electron chi connectivity index (χ2n) is 14.7. The van der Waals surface area contributed by atoms with Gasteiger partial charge in [-0.2, -0.15) is 0 Å². The molecular weight excluding hydrogens is 599 g/mol. The van der Waals surface area contributed by atoms with Crippen LogP contribution in [0.25, 0.3) is 11.3 Å². The fraction of sp³-hybridized carbons (Fsp3) is 0.543. The molecule has 1 aliphatic carbocycles. The maximum atomic E-state index is 12.7. The van der Waals surface area contributed by atoms with Crippen LogP contribution in [0.5, 0.6) is 0 Å². The highest BCUT2D eigenvalue weighted by Crippen LogP contribution is 2.40. The van der Waals surface area contributed by atoms with Crippen molar-refractivity contribution in [2.45, 2.75) is 103 Å². The van der Waals surface area contributed by atoms with E-state index in [0.717, 1.165) is 36.2 Å². The third-order valence-electron chi connectivity index (χ3n) is 8.83. The fourth-order valence-corrected chi connectivity index (χ4v) is 6.37. The first-order valence-corrected chi connectivity index (χ1v) is 18.8. The molecule has 2 amide bonds. The minimum absolute atomic E-state index is 0.0346. The Labute approximate surface area is 274 Å². The Hall–Kier alpha value is -3.88. The second-order valence-corrected chi connectivity index (χ2v) is 19.4. The largest absolute Gasteiger partial charge is 0.444 e. The molecule has 46 heavy (non-hydrogen) atoms. The van der Waals surface area contributed by atoms with Gasteiger partial charge in [-0.25, -0.2) is 9.78 Å². The predicted molar refractivity (Wildman–Crippen MR) is 180 cm³/mol. The van der Waals surface area contributed by atoms with E-state index in [0.29, 0.717) is 17.4 Å². The molecule has 0 bridgehead atoms. The van der Waals surface area contributed by atoms with E-state index >= 15 is 0 Å². The zero-order valence-corrected chi connectivity index (χ0v) is 29.9. The van der Waals surface area contributed by atoms with Crippen LogP contribution in [0.4, 0.5) is 4.79 Å². The highest BCUT2D eigenvalue weighted by molar-refractivity contribution is 6.74. The predicted octanol–water partition coefficient (Wildman–Crippen LogP) is 6.95. The number of rotatable bonds is 10. The standard InChI is InChI=1S/C35H49N5O5Si/c1-24(45-46(9,10)35(5,6)7)32-36-17-18-40(32)30(22-37-33(42)43-34(2,3)4)29-21-31(44-38-29)27-15-13-25(14-16-27)11-12-26-19-28(20-26)39(8)23-41/h13-18,21,23-24,26,28,30H,19-20,22H2,1-10H3,(H,37,42)/t24-,26-,28-,30+/m0/s1. The van der Waals surface area contributed by atoms with Crippen LogP contribution in [-0.2, 0) is 14.0 Å². The number of carbonyl (C=O) groups is 2. The van der Waals surface area contributed by atoms with Gasteiger partial charge >= 0.3 is 6.09 Å². The van der Waals surface area contributed by atoms with E-state index in [1.807, 2.05) is 75.8 Å². The molecule has 1 saturated carbocycles. The van der Waals surface area contributed by atoms with Gasteiger partial charge in [0.05, 0.1) is 6.04 Å². The summed E-state index contributed by atoms with van der Waals surface area (Å²) in [6.45, 7) is 18.8. The Balaban J connectivity index is 1.55. The minimum Gasteiger partial charge on any atom is -0.444 e. The first kappa shape index (κ1) is 35.0. The van der Waals surface area contributed by atoms with Crippen molar-refractivity contribution >= 4 is 20.8 Å². The molecule has 10 nitrogen and oxygen atoms in total. The Morgan fingerprint density at radius 1 is 1.20 bits per heavy atom. The van der Waals surface area contributed by atoms with Crippen LogP contribution in [0.2, 0.25) is 18.1 Å². The lowest BCUT2D eigenvalue weighted by atomic mass is 9.80. The van der Waals surface area contributed by atoms with E-state index < -0.39 is 26.1 Å². The molecule has 248 valence electrons. The summed E-state index contributed by atoms with van der Waals surface area (Å²) in [7, 11) is -0.278. The summed E-state index contributed by atoms with van der Waals surface area (Å²) >= 11 is 0. The number of benzene rings is 1. The molecular formula is C35H49N5O5Si. The average Bonchev–Trinajstić information content (AvgIpc) is 3.62. The SMILES string of the molecule is C[C@H](O[Si](C)(C)C(C)(C)C)c1nccn1[C@H](CNC(=O)OC(C)(C)C)c1cc(-c2ccc(C#C[C@H]3C[C@H](N(C)C=O)C3)cc2)on1. The van der Waals surface area contributed by atoms with Crippen LogP contribution in [0.15, 0.2) is 47.2 Å². The number of nitrogens with one attached hydrogen (secondary N) is 1. The van der Waals surface area contributed by atoms with Crippen LogP contribution >= 0.6 is 0 Å². The van der Waals surface area contributed by atoms with E-state index in [1.165, 1.54) is 0 Å². The quantitative estimate of drug-likeness (QED) is 0.144. The fourth-order valence-electron chi connectivity index (χ4n) is 5.02. The number of aromatic nitrogens is 3. The number of hydrogen-bond acceptors (Lipinski definition) is 7. The zero-order valence-electron chi connectivity index (χ0n) is 28.9. The molecule has 3 aromatic rings. The van der Waals surface area contributed by atoms with E-state index in [9.17, 15) is 9.59 Å². The van der Waals surface area contributed by atoms with Gasteiger partial charge in [0.15, 0.2) is 14.1 Å². The molecule has 0 radical (unpaired) electrons. The average molecular weight is 648 g/mol. The van der Waals surface area contributed by atoms with Crippen molar-refractivity contribution in [3.05, 3.63) is 59.8 Å². The van der Waals surface area contributed by atoms with E-state index in [4.69, 9.17) is 13.7 Å². The maximum Gasteiger partial charge on any atom is 0.407 e. The van der Waals surface area contributed by atoms with Gasteiger partial charge in [-0.3, -0.25) is 4.79 Å². The summed E-state index contributed by atoms with van der Waals surface area (Å²) in [4.78, 5) is 30.0. The van der Waals surface area contributed by atoms with Gasteiger partial charge in [-0.1, -0.05) is 37.8 Å². The molecule has 1 fully saturated rings. The van der Waals surface area contributed by atoms with Crippen molar-refractivity contribution in [3.8, 4) is 23.2 Å². The number of amides is 2. The van der Waals surface area contributed by atoms with Crippen LogP contribution < -0.4 is 5.32 Å². The summed E-state index contributed by atoms with van der Waals surface area (Å²) in [5, 5.41) is 7.38. The van der Waals surface area contributed by atoms with Gasteiger partial charge < -0.3 is 28.5 Å². The lowest BCUT2D eigenvalue weighted by Crippen LogP contribution is -2.42. The molecule has 0 spiro atoms. The molecule has 1 aliphatic rings. The maximum absolute atomic E-state index is 12.7. The monoisotopic (exact) mass is 647 g/mol. The van der Waals surface area contributed by atoms with Crippen molar-refractivity contribution < 1.29 is 23.3 Å². The van der Waals surface area contributed by atoms with Gasteiger partial charge in [-0.05, 0) is 82.9 Å². The highest BCUT2D eigenvalue weighted by atomic mass is 28.4. The molecule has 1 N–H and O–H groups in total. The van der Waals surface area contributed by atoms with Gasteiger partial charge in [0.25, 0.3) is 0 Å². The van der Waals surface area contributed by atoms with Crippen molar-refractivity contribution in [1.29, 1.82) is 0 Å². The summed E-state index contributed by atoms with van der Waals surface area (Å²) < 4.78 is 20.0. The summed E-state index contributed by atoms with van der Waals surface area (Å²) in [5.74, 6) is 8.22. The normalized spacial score (nSPS) is 18.0. The molecule has 4 rings (SSSR count). The summed E-state index contributed by atoms with van der Waals surface area (Å²) in [6, 6.07) is 9.61. The molecule has 0 aliphatic heterocycles. The Morgan fingerprint density at radius 2 is 1.87 bits per heavy atom. The number of carbonyl (C=O) groups excluding carboxylic acids is 2. The van der Waals surface area contributed by atoms with E-state index in [1.54, 1.807) is 11.1 Å². The smallest absolute Gasteiger partial charge is 0.407 e. The zero-order chi connectivity index (χ0) is 33.9. The topological polar surface area (TPSA) is 112 Å². The summed E-state index contributed by atoms with van der Waals surface area (Å²) in [6.07, 6.45) is 5.52. The molecule has 0 saturated heterocycles. The molecule has 0 unspecified atom stereocenters. The first-order valence-electron chi connectivity index (χ1n) is 15.9. The van der Waals surface area contributed by atoms with Crippen molar-refractivity contribution in [2.24, 2.45) is 5.92 Å². The number of hydrogen-bond donors (Lipinski definition) is 1. The Bertz CT molecular complexity index is 1550. The van der Waals surface area contributed by atoms with Gasteiger partial charge in [0.2, 0.25) is 6.41 Å². The second kappa shape index (κ2) is 13.9. The molecule has 2 atom stereocenters. The van der Waals surface area contributed by atoms with Crippen molar-refractivity contribution in [2.75, 3.05) is 13.6 Å². The lowest BCUT2D eigenvalue weighted by molar-refractivity contribution is -0.120. The van der Waals surface area contributed by atoms with Gasteiger partial charge in [0, 0.05) is 55.1 Å². The molecule has 1 aromatic carbocycles. The number of ether oxygens (including phenoxy) is 1. The number of nitrogens with zero attached hydrogens (tertiary/aromatic N) is 4. The van der Waals surface area contributed by atoms with E-state index in [2.05, 4.69) is 61.2 Å². The Morgan fingerprint density at radius 3 is 2.48 bits per heavy atom. The van der Waals surface area contributed by atoms with Crippen molar-refractivity contribution in [1.82, 2.24) is 24.9 Å². The van der Waals surface area contributed by atoms with Crippen molar-refractivity contribution in [3.63, 3.8) is 0 Å². The molecule has 11 heteroatoms. The minimum atomic E-state index is -2.09. The van der Waals surface area contributed by atoms with Gasteiger partial charge in [0.1, 0.15) is 23.2 Å². The van der Waals surface area contributed by atoms with Crippen LogP contribution in [-0.4, -0.2) is 65.7 Å². The van der Waals surface area contributed by atoms with Gasteiger partial charge in [-0.15, -0.1) is 0 Å². The number of imidazole rings is 1. The third kappa shape index (κ3) is 8.68.